The van der Waals surface area contributed by atoms with Gasteiger partial charge in [0.05, 0.1) is 17.7 Å². The summed E-state index contributed by atoms with van der Waals surface area (Å²) in [5, 5.41) is 15.3. The second-order valence-corrected chi connectivity index (χ2v) is 18.2. The summed E-state index contributed by atoms with van der Waals surface area (Å²) in [5.41, 5.74) is 5.66. The lowest BCUT2D eigenvalue weighted by Crippen LogP contribution is -2.50. The number of ether oxygens (including phenoxy) is 2. The maximum absolute atomic E-state index is 14.8. The number of Topliss-reactive ketones (excluding diaryl/α,β-unsaturated/α-hetero) is 1. The van der Waals surface area contributed by atoms with Gasteiger partial charge in [0.15, 0.2) is 12.5 Å². The van der Waals surface area contributed by atoms with Crippen LogP contribution in [0.1, 0.15) is 147 Å². The van der Waals surface area contributed by atoms with Crippen molar-refractivity contribution in [1.82, 2.24) is 31.0 Å². The number of piperidine rings is 1. The predicted molar refractivity (Wildman–Crippen MR) is 239 cm³/mol. The quantitative estimate of drug-likeness (QED) is 0.0475. The highest BCUT2D eigenvalue weighted by Crippen LogP contribution is 2.33. The third-order valence-corrected chi connectivity index (χ3v) is 12.9. The van der Waals surface area contributed by atoms with E-state index in [1.165, 1.54) is 11.3 Å². The summed E-state index contributed by atoms with van der Waals surface area (Å²) < 4.78 is 10.7. The number of nitrogens with zero attached hydrogens (tertiary/aromatic N) is 3. The number of carbonyl (C=O) groups excluding carboxylic acids is 6. The van der Waals surface area contributed by atoms with Gasteiger partial charge in [-0.05, 0) is 88.1 Å². The number of hydrogen-bond acceptors (Lipinski definition) is 12. The van der Waals surface area contributed by atoms with Gasteiger partial charge in [-0.15, -0.1) is 11.3 Å². The number of benzene rings is 1. The van der Waals surface area contributed by atoms with Crippen LogP contribution in [-0.4, -0.2) is 101 Å². The van der Waals surface area contributed by atoms with Crippen LogP contribution in [-0.2, 0) is 35.1 Å². The van der Waals surface area contributed by atoms with Gasteiger partial charge >= 0.3 is 12.1 Å². The van der Waals surface area contributed by atoms with Crippen molar-refractivity contribution >= 4 is 46.9 Å². The smallest absolute Gasteiger partial charge is 0.426 e. The van der Waals surface area contributed by atoms with Crippen LogP contribution >= 0.6 is 11.3 Å². The van der Waals surface area contributed by atoms with Gasteiger partial charge in [-0.3, -0.25) is 34.3 Å². The van der Waals surface area contributed by atoms with Crippen molar-refractivity contribution in [3.8, 4) is 5.75 Å². The Bertz CT molecular complexity index is 1750. The van der Waals surface area contributed by atoms with E-state index >= 15 is 0 Å². The fourth-order valence-corrected chi connectivity index (χ4v) is 8.69. The lowest BCUT2D eigenvalue weighted by Gasteiger charge is -2.39. The molecule has 3 rings (SSSR count). The fraction of sp³-hybridized carbons (Fsp3) is 0.674. The van der Waals surface area contributed by atoms with Crippen LogP contribution in [0.15, 0.2) is 29.6 Å². The number of amides is 4. The summed E-state index contributed by atoms with van der Waals surface area (Å²) in [5.74, 6) is -2.85. The molecule has 2 aromatic rings. The molecule has 4 N–H and O–H groups in total. The number of phenolic OH excluding ortho intramolecular Hbond substituents is 1. The van der Waals surface area contributed by atoms with Crippen molar-refractivity contribution in [2.24, 2.45) is 23.7 Å². The Hall–Kier alpha value is -4.57. The number of thiazole rings is 1. The van der Waals surface area contributed by atoms with E-state index in [0.717, 1.165) is 31.4 Å². The van der Waals surface area contributed by atoms with Gasteiger partial charge in [-0.1, -0.05) is 80.4 Å². The van der Waals surface area contributed by atoms with E-state index in [1.807, 2.05) is 55.5 Å². The largest absolute Gasteiger partial charge is 0.508 e. The molecule has 0 saturated carbocycles. The van der Waals surface area contributed by atoms with Crippen LogP contribution in [0.25, 0.3) is 0 Å². The minimum atomic E-state index is -0.769. The number of phenols is 1. The molecule has 0 bridgehead atoms. The SMILES string of the molecule is CCCOC(=O)NNC(=O)[C@@H](C)C[C@H](Cc1ccc(O)cc1)NC(=O)c1csc([C@H](C)C[C@H](C(C)C)N(COC(=O)CCC)C(=O)[C@@H](CC(=O)[C@H]2CCCCN2C)C(C)CC)n1. The Balaban J connectivity index is 1.83. The average molecular weight is 885 g/mol. The zero-order valence-corrected chi connectivity index (χ0v) is 39.2. The number of likely N-dealkylation sites (N-methyl/N-ethyl adjacent to an activating group) is 1. The highest BCUT2D eigenvalue weighted by atomic mass is 32.1. The molecule has 0 radical (unpaired) electrons. The number of nitrogens with one attached hydrogen (secondary N) is 3. The summed E-state index contributed by atoms with van der Waals surface area (Å²) >= 11 is 1.34. The Kier molecular flexibility index (Phi) is 21.8. The molecule has 346 valence electrons. The van der Waals surface area contributed by atoms with E-state index in [-0.39, 0.29) is 91.5 Å². The lowest BCUT2D eigenvalue weighted by atomic mass is 9.82. The summed E-state index contributed by atoms with van der Waals surface area (Å²) in [4.78, 5) is 88.4. The van der Waals surface area contributed by atoms with Crippen molar-refractivity contribution in [2.45, 2.75) is 150 Å². The van der Waals surface area contributed by atoms with E-state index in [4.69, 9.17) is 14.5 Å². The van der Waals surface area contributed by atoms with Crippen molar-refractivity contribution < 1.29 is 43.3 Å². The maximum atomic E-state index is 14.8. The molecule has 1 unspecified atom stereocenters. The third-order valence-electron chi connectivity index (χ3n) is 11.8. The van der Waals surface area contributed by atoms with Crippen molar-refractivity contribution in [3.05, 3.63) is 45.9 Å². The first-order valence-electron chi connectivity index (χ1n) is 22.4. The number of ketones is 1. The zero-order chi connectivity index (χ0) is 45.9. The topological polar surface area (TPSA) is 197 Å². The van der Waals surface area contributed by atoms with E-state index in [2.05, 4.69) is 21.1 Å². The number of rotatable bonds is 24. The molecule has 7 atom stereocenters. The molecule has 1 aliphatic heterocycles. The van der Waals surface area contributed by atoms with Crippen LogP contribution in [0.2, 0.25) is 0 Å². The van der Waals surface area contributed by atoms with Gasteiger partial charge in [0.1, 0.15) is 11.4 Å². The van der Waals surface area contributed by atoms with Crippen LogP contribution in [0.3, 0.4) is 0 Å². The molecule has 15 nitrogen and oxygen atoms in total. The molecular formula is C46H72N6O9S. The molecule has 1 aromatic heterocycles. The summed E-state index contributed by atoms with van der Waals surface area (Å²) in [6, 6.07) is 5.49. The van der Waals surface area contributed by atoms with Gasteiger partial charge < -0.3 is 24.8 Å². The Morgan fingerprint density at radius 3 is 2.29 bits per heavy atom. The molecule has 62 heavy (non-hydrogen) atoms. The standard InChI is InChI=1S/C46H72N6O9S/c1-10-15-41(55)61-28-52(45(58)36(30(6)12-3)26-40(54)38-16-13-14-21-51(38)9)39(29(4)5)24-32(8)44-48-37(27-62-44)43(57)47-34(25-33-17-19-35(53)20-18-33)23-31(7)42(56)49-50-46(59)60-22-11-2/h17-20,27,29-32,34,36,38-39,53H,10-16,21-26,28H2,1-9H3,(H,47,57)(H,49,56)(H,50,59)/t30?,31-,32+,34+,36-,38+,39+/m0/s1. The Morgan fingerprint density at radius 2 is 1.66 bits per heavy atom. The molecule has 4 amide bonds. The molecule has 2 heterocycles. The maximum Gasteiger partial charge on any atom is 0.426 e. The molecule has 1 fully saturated rings. The van der Waals surface area contributed by atoms with E-state index < -0.39 is 35.8 Å². The monoisotopic (exact) mass is 885 g/mol. The van der Waals surface area contributed by atoms with E-state index in [0.29, 0.717) is 37.1 Å². The van der Waals surface area contributed by atoms with Crippen molar-refractivity contribution in [3.63, 3.8) is 0 Å². The van der Waals surface area contributed by atoms with Crippen molar-refractivity contribution in [1.29, 1.82) is 0 Å². The molecule has 16 heteroatoms. The summed E-state index contributed by atoms with van der Waals surface area (Å²) in [7, 11) is 1.97. The van der Waals surface area contributed by atoms with Crippen molar-refractivity contribution in [2.75, 3.05) is 26.9 Å². The molecular weight excluding hydrogens is 813 g/mol. The average Bonchev–Trinajstić information content (AvgIpc) is 3.75. The predicted octanol–water partition coefficient (Wildman–Crippen LogP) is 7.14. The highest BCUT2D eigenvalue weighted by molar-refractivity contribution is 7.09. The summed E-state index contributed by atoms with van der Waals surface area (Å²) in [6.07, 6.45) is 5.37. The number of hydrazine groups is 1. The molecule has 0 aliphatic carbocycles. The molecule has 1 saturated heterocycles. The number of carbonyl (C=O) groups is 6. The van der Waals surface area contributed by atoms with E-state index in [9.17, 15) is 33.9 Å². The first kappa shape index (κ1) is 51.8. The van der Waals surface area contributed by atoms with Gasteiger partial charge in [-0.25, -0.2) is 15.2 Å². The molecule has 1 aromatic carbocycles. The normalized spacial score (nSPS) is 17.2. The van der Waals surface area contributed by atoms with Crippen LogP contribution in [0.5, 0.6) is 5.75 Å². The van der Waals surface area contributed by atoms with Gasteiger partial charge in [-0.2, -0.15) is 0 Å². The number of likely N-dealkylation sites (tertiary alicyclic amines) is 1. The van der Waals surface area contributed by atoms with Gasteiger partial charge in [0.2, 0.25) is 11.8 Å². The number of aromatic hydroxyl groups is 1. The number of esters is 1. The van der Waals surface area contributed by atoms with Gasteiger partial charge in [0, 0.05) is 48.1 Å². The lowest BCUT2D eigenvalue weighted by molar-refractivity contribution is -0.160. The second-order valence-electron chi connectivity index (χ2n) is 17.3. The minimum Gasteiger partial charge on any atom is -0.508 e. The fourth-order valence-electron chi connectivity index (χ4n) is 7.81. The van der Waals surface area contributed by atoms with Crippen LogP contribution in [0, 0.1) is 23.7 Å². The zero-order valence-electron chi connectivity index (χ0n) is 38.4. The first-order valence-corrected chi connectivity index (χ1v) is 23.3. The second kappa shape index (κ2) is 26.1. The third kappa shape index (κ3) is 16.3. The summed E-state index contributed by atoms with van der Waals surface area (Å²) in [6.45, 7) is 16.3. The van der Waals surface area contributed by atoms with Crippen LogP contribution < -0.4 is 16.2 Å². The minimum absolute atomic E-state index is 0.0520. The first-order chi connectivity index (χ1) is 29.5. The number of hydrogen-bond donors (Lipinski definition) is 4. The number of aromatic nitrogens is 1. The van der Waals surface area contributed by atoms with Crippen LogP contribution in [0.4, 0.5) is 4.79 Å². The molecule has 1 aliphatic rings. The highest BCUT2D eigenvalue weighted by Gasteiger charge is 2.38. The Morgan fingerprint density at radius 1 is 0.952 bits per heavy atom. The molecule has 0 spiro atoms. The Labute approximate surface area is 372 Å². The van der Waals surface area contributed by atoms with Gasteiger partial charge in [0.25, 0.3) is 5.91 Å². The van der Waals surface area contributed by atoms with E-state index in [1.54, 1.807) is 41.5 Å².